The number of rotatable bonds is 2. The van der Waals surface area contributed by atoms with Crippen LogP contribution in [0.2, 0.25) is 0 Å². The molecule has 0 saturated heterocycles. The highest BCUT2D eigenvalue weighted by Gasteiger charge is 2.37. The number of Topliss-reactive ketones (excluding diaryl/α,β-unsaturated/α-hetero) is 1. The minimum Gasteiger partial charge on any atom is -0.383 e. The van der Waals surface area contributed by atoms with E-state index in [1.165, 1.54) is 0 Å². The van der Waals surface area contributed by atoms with E-state index < -0.39 is 0 Å². The number of nitrogens with two attached hydrogens (primary N) is 1. The first-order valence-corrected chi connectivity index (χ1v) is 10.3. The number of pyridine rings is 1. The molecule has 0 saturated carbocycles. The number of carbonyl (C=O) groups is 1. The number of hydrogen-bond acceptors (Lipinski definition) is 4. The molecule has 2 aromatic heterocycles. The topological polar surface area (TPSA) is 84.2 Å². The Labute approximate surface area is 180 Å². The van der Waals surface area contributed by atoms with Crippen LogP contribution >= 0.6 is 0 Å². The maximum atomic E-state index is 13.3. The van der Waals surface area contributed by atoms with Crippen molar-refractivity contribution in [2.45, 2.75) is 26.7 Å². The third-order valence-corrected chi connectivity index (χ3v) is 5.98. The van der Waals surface area contributed by atoms with E-state index in [0.29, 0.717) is 29.5 Å². The Morgan fingerprint density at radius 1 is 0.935 bits per heavy atom. The highest BCUT2D eigenvalue weighted by molar-refractivity contribution is 6.11. The van der Waals surface area contributed by atoms with Gasteiger partial charge in [0.05, 0.1) is 16.8 Å². The molecule has 5 rings (SSSR count). The minimum absolute atomic E-state index is 0.0709. The number of nitrogens with zero attached hydrogens (tertiary/aromatic N) is 3. The molecule has 1 aliphatic carbocycles. The van der Waals surface area contributed by atoms with Gasteiger partial charge in [-0.1, -0.05) is 74.5 Å². The maximum absolute atomic E-state index is 13.3. The third kappa shape index (κ3) is 2.91. The molecule has 5 heteroatoms. The van der Waals surface area contributed by atoms with Crippen LogP contribution in [0.4, 0.5) is 5.82 Å². The van der Waals surface area contributed by atoms with Gasteiger partial charge in [0, 0.05) is 17.5 Å². The van der Waals surface area contributed by atoms with Gasteiger partial charge >= 0.3 is 0 Å². The fraction of sp³-hybridized carbons (Fsp3) is 0.192. The van der Waals surface area contributed by atoms with Crippen LogP contribution in [0.15, 0.2) is 60.7 Å². The number of ketones is 1. The average Bonchev–Trinajstić information content (AvgIpc) is 3.13. The summed E-state index contributed by atoms with van der Waals surface area (Å²) in [6.07, 6.45) is 1.14. The van der Waals surface area contributed by atoms with E-state index in [4.69, 9.17) is 10.8 Å². The molecule has 2 N–H and O–H groups in total. The number of anilines is 1. The summed E-state index contributed by atoms with van der Waals surface area (Å²) in [4.78, 5) is 13.3. The zero-order valence-corrected chi connectivity index (χ0v) is 17.5. The first kappa shape index (κ1) is 19.1. The summed E-state index contributed by atoms with van der Waals surface area (Å²) >= 11 is 0. The number of hydrogen-bond donors (Lipinski definition) is 1. The van der Waals surface area contributed by atoms with E-state index in [2.05, 4.69) is 19.9 Å². The van der Waals surface area contributed by atoms with Gasteiger partial charge in [-0.15, -0.1) is 0 Å². The van der Waals surface area contributed by atoms with E-state index in [-0.39, 0.29) is 17.0 Å². The Balaban J connectivity index is 2.01. The Morgan fingerprint density at radius 3 is 2.10 bits per heavy atom. The van der Waals surface area contributed by atoms with E-state index in [0.717, 1.165) is 27.9 Å². The van der Waals surface area contributed by atoms with Crippen molar-refractivity contribution >= 4 is 17.1 Å². The summed E-state index contributed by atoms with van der Waals surface area (Å²) in [5.74, 6) is 0.331. The predicted molar refractivity (Wildman–Crippen MR) is 122 cm³/mol. The van der Waals surface area contributed by atoms with Gasteiger partial charge in [0.25, 0.3) is 0 Å². The lowest BCUT2D eigenvalue weighted by atomic mass is 9.75. The Kier molecular flexibility index (Phi) is 4.19. The lowest BCUT2D eigenvalue weighted by Crippen LogP contribution is -2.26. The van der Waals surface area contributed by atoms with Crippen molar-refractivity contribution < 1.29 is 4.79 Å². The number of carbonyl (C=O) groups excluding carboxylic acids is 1. The summed E-state index contributed by atoms with van der Waals surface area (Å²) in [6.45, 7) is 4.16. The van der Waals surface area contributed by atoms with Gasteiger partial charge in [-0.25, -0.2) is 4.52 Å². The van der Waals surface area contributed by atoms with Crippen LogP contribution < -0.4 is 5.73 Å². The van der Waals surface area contributed by atoms with Gasteiger partial charge in [-0.05, 0) is 23.0 Å². The van der Waals surface area contributed by atoms with E-state index in [9.17, 15) is 10.1 Å². The van der Waals surface area contributed by atoms with Crippen LogP contribution in [0, 0.1) is 16.7 Å². The Bertz CT molecular complexity index is 1380. The van der Waals surface area contributed by atoms with Crippen molar-refractivity contribution in [3.8, 4) is 28.3 Å². The zero-order valence-electron chi connectivity index (χ0n) is 17.5. The molecular weight excluding hydrogens is 384 g/mol. The van der Waals surface area contributed by atoms with Crippen LogP contribution in [0.5, 0.6) is 0 Å². The highest BCUT2D eigenvalue weighted by Crippen LogP contribution is 2.45. The molecule has 0 radical (unpaired) electrons. The molecule has 0 atom stereocenters. The van der Waals surface area contributed by atoms with Crippen LogP contribution in [0.25, 0.3) is 27.8 Å². The normalized spacial score (nSPS) is 14.9. The molecule has 1 aliphatic rings. The SMILES string of the molecule is CC1(C)CC(=O)c2c(nn3c(N)c(C#N)c(-c4ccccc4)c(-c4ccccc4)c23)C1. The van der Waals surface area contributed by atoms with Gasteiger partial charge in [0.2, 0.25) is 0 Å². The lowest BCUT2D eigenvalue weighted by Gasteiger charge is -2.27. The van der Waals surface area contributed by atoms with E-state index in [1.807, 2.05) is 60.7 Å². The number of nitriles is 1. The van der Waals surface area contributed by atoms with E-state index >= 15 is 0 Å². The van der Waals surface area contributed by atoms with Gasteiger partial charge in [-0.2, -0.15) is 10.4 Å². The van der Waals surface area contributed by atoms with Crippen LogP contribution in [0.1, 0.15) is 41.9 Å². The molecule has 0 spiro atoms. The molecule has 5 nitrogen and oxygen atoms in total. The number of benzene rings is 2. The largest absolute Gasteiger partial charge is 0.383 e. The van der Waals surface area contributed by atoms with Crippen molar-refractivity contribution in [1.29, 1.82) is 5.26 Å². The first-order valence-electron chi connectivity index (χ1n) is 10.3. The van der Waals surface area contributed by atoms with Gasteiger partial charge in [-0.3, -0.25) is 4.79 Å². The average molecular weight is 406 g/mol. The molecular formula is C26H22N4O. The molecule has 152 valence electrons. The molecule has 0 bridgehead atoms. The van der Waals surface area contributed by atoms with Crippen LogP contribution in [-0.2, 0) is 6.42 Å². The summed E-state index contributed by atoms with van der Waals surface area (Å²) < 4.78 is 1.61. The quantitative estimate of drug-likeness (QED) is 0.491. The van der Waals surface area contributed by atoms with Crippen molar-refractivity contribution in [2.24, 2.45) is 5.41 Å². The van der Waals surface area contributed by atoms with Crippen LogP contribution in [0.3, 0.4) is 0 Å². The van der Waals surface area contributed by atoms with Gasteiger partial charge < -0.3 is 5.73 Å². The molecule has 0 unspecified atom stereocenters. The fourth-order valence-corrected chi connectivity index (χ4v) is 4.69. The monoisotopic (exact) mass is 406 g/mol. The standard InChI is InChI=1S/C26H22N4O/c1-26(2)13-19-23(20(31)14-26)24-22(17-11-7-4-8-12-17)21(16-9-5-3-6-10-16)18(15-27)25(28)30(24)29-19/h3-12H,13-14,28H2,1-2H3. The highest BCUT2D eigenvalue weighted by atomic mass is 16.1. The summed E-state index contributed by atoms with van der Waals surface area (Å²) in [7, 11) is 0. The zero-order chi connectivity index (χ0) is 21.8. The smallest absolute Gasteiger partial charge is 0.167 e. The molecule has 2 heterocycles. The molecule has 0 fully saturated rings. The lowest BCUT2D eigenvalue weighted by molar-refractivity contribution is 0.0913. The second-order valence-corrected chi connectivity index (χ2v) is 8.88. The Hall–Kier alpha value is -3.91. The van der Waals surface area contributed by atoms with E-state index in [1.54, 1.807) is 4.52 Å². The summed E-state index contributed by atoms with van der Waals surface area (Å²) in [6, 6.07) is 21.9. The van der Waals surface area contributed by atoms with Crippen molar-refractivity contribution in [3.05, 3.63) is 77.5 Å². The third-order valence-electron chi connectivity index (χ3n) is 5.98. The van der Waals surface area contributed by atoms with Gasteiger partial charge in [0.15, 0.2) is 5.78 Å². The fourth-order valence-electron chi connectivity index (χ4n) is 4.69. The number of fused-ring (bicyclic) bond motifs is 3. The molecule has 0 aliphatic heterocycles. The molecule has 31 heavy (non-hydrogen) atoms. The molecule has 0 amide bonds. The maximum Gasteiger partial charge on any atom is 0.167 e. The molecule has 2 aromatic carbocycles. The molecule has 4 aromatic rings. The first-order chi connectivity index (χ1) is 14.9. The second-order valence-electron chi connectivity index (χ2n) is 8.88. The Morgan fingerprint density at radius 2 is 1.52 bits per heavy atom. The van der Waals surface area contributed by atoms with Crippen molar-refractivity contribution in [1.82, 2.24) is 9.61 Å². The second kappa shape index (κ2) is 6.82. The summed E-state index contributed by atoms with van der Waals surface area (Å²) in [5, 5.41) is 14.8. The number of nitrogen functional groups attached to an aromatic ring is 1. The van der Waals surface area contributed by atoms with Gasteiger partial charge in [0.1, 0.15) is 17.5 Å². The predicted octanol–water partition coefficient (Wildman–Crippen LogP) is 5.28. The minimum atomic E-state index is -0.163. The van der Waals surface area contributed by atoms with Crippen LogP contribution in [-0.4, -0.2) is 15.4 Å². The van der Waals surface area contributed by atoms with Crippen molar-refractivity contribution in [2.75, 3.05) is 5.73 Å². The van der Waals surface area contributed by atoms with Crippen molar-refractivity contribution in [3.63, 3.8) is 0 Å². The summed E-state index contributed by atoms with van der Waals surface area (Å²) in [5.41, 5.74) is 12.1. The number of aromatic nitrogens is 2.